The van der Waals surface area contributed by atoms with Gasteiger partial charge < -0.3 is 15.4 Å². The van der Waals surface area contributed by atoms with E-state index in [4.69, 9.17) is 4.74 Å². The molecule has 1 saturated heterocycles. The molecule has 98 valence electrons. The van der Waals surface area contributed by atoms with E-state index in [9.17, 15) is 9.59 Å². The summed E-state index contributed by atoms with van der Waals surface area (Å²) in [6.45, 7) is 4.62. The van der Waals surface area contributed by atoms with Crippen molar-refractivity contribution in [1.82, 2.24) is 10.6 Å². The van der Waals surface area contributed by atoms with Crippen LogP contribution in [0.4, 0.5) is 0 Å². The van der Waals surface area contributed by atoms with Crippen LogP contribution in [-0.2, 0) is 14.3 Å². The van der Waals surface area contributed by atoms with Crippen LogP contribution in [0.1, 0.15) is 32.6 Å². The van der Waals surface area contributed by atoms with Crippen LogP contribution in [0.15, 0.2) is 0 Å². The molecular formula is C12H22N2O3. The number of esters is 1. The smallest absolute Gasteiger partial charge is 0.307 e. The SMILES string of the molecule is CCOC(=O)CCNC(=O)CCC1CCNC1. The summed E-state index contributed by atoms with van der Waals surface area (Å²) >= 11 is 0. The second-order valence-electron chi connectivity index (χ2n) is 4.30. The zero-order valence-electron chi connectivity index (χ0n) is 10.5. The van der Waals surface area contributed by atoms with Gasteiger partial charge in [0.25, 0.3) is 0 Å². The molecule has 1 aliphatic heterocycles. The molecule has 1 rings (SSSR count). The van der Waals surface area contributed by atoms with E-state index in [0.29, 0.717) is 25.5 Å². The summed E-state index contributed by atoms with van der Waals surface area (Å²) in [6, 6.07) is 0. The third kappa shape index (κ3) is 6.26. The van der Waals surface area contributed by atoms with Gasteiger partial charge in [-0.1, -0.05) is 0 Å². The van der Waals surface area contributed by atoms with Crippen LogP contribution in [0.25, 0.3) is 0 Å². The van der Waals surface area contributed by atoms with Crippen molar-refractivity contribution in [2.75, 3.05) is 26.2 Å². The normalized spacial score (nSPS) is 19.0. The quantitative estimate of drug-likeness (QED) is 0.636. The van der Waals surface area contributed by atoms with Crippen LogP contribution in [0.5, 0.6) is 0 Å². The van der Waals surface area contributed by atoms with Gasteiger partial charge in [-0.25, -0.2) is 0 Å². The van der Waals surface area contributed by atoms with E-state index in [1.807, 2.05) is 0 Å². The minimum absolute atomic E-state index is 0.0289. The summed E-state index contributed by atoms with van der Waals surface area (Å²) in [4.78, 5) is 22.5. The predicted octanol–water partition coefficient (Wildman–Crippen LogP) is 0.445. The van der Waals surface area contributed by atoms with Crippen molar-refractivity contribution in [2.45, 2.75) is 32.6 Å². The van der Waals surface area contributed by atoms with Gasteiger partial charge in [0.2, 0.25) is 5.91 Å². The Labute approximate surface area is 102 Å². The molecule has 0 aromatic rings. The van der Waals surface area contributed by atoms with E-state index in [2.05, 4.69) is 10.6 Å². The number of hydrogen-bond donors (Lipinski definition) is 2. The van der Waals surface area contributed by atoms with Gasteiger partial charge in [-0.3, -0.25) is 9.59 Å². The molecule has 0 saturated carbocycles. The number of hydrogen-bond acceptors (Lipinski definition) is 4. The number of carbonyl (C=O) groups is 2. The van der Waals surface area contributed by atoms with Crippen LogP contribution >= 0.6 is 0 Å². The fourth-order valence-corrected chi connectivity index (χ4v) is 1.92. The molecule has 1 heterocycles. The maximum absolute atomic E-state index is 11.5. The topological polar surface area (TPSA) is 67.4 Å². The third-order valence-electron chi connectivity index (χ3n) is 2.90. The van der Waals surface area contributed by atoms with Crippen molar-refractivity contribution in [1.29, 1.82) is 0 Å². The molecule has 1 fully saturated rings. The average Bonchev–Trinajstić information content (AvgIpc) is 2.79. The maximum Gasteiger partial charge on any atom is 0.307 e. The molecule has 1 amide bonds. The second kappa shape index (κ2) is 8.06. The van der Waals surface area contributed by atoms with Crippen molar-refractivity contribution in [2.24, 2.45) is 5.92 Å². The number of rotatable bonds is 7. The largest absolute Gasteiger partial charge is 0.466 e. The highest BCUT2D eigenvalue weighted by Crippen LogP contribution is 2.13. The molecule has 0 aromatic heterocycles. The molecule has 5 nitrogen and oxygen atoms in total. The summed E-state index contributed by atoms with van der Waals surface area (Å²) in [5.74, 6) is 0.403. The van der Waals surface area contributed by atoms with E-state index in [1.54, 1.807) is 6.92 Å². The molecular weight excluding hydrogens is 220 g/mol. The first kappa shape index (κ1) is 14.0. The van der Waals surface area contributed by atoms with Gasteiger partial charge in [-0.15, -0.1) is 0 Å². The molecule has 5 heteroatoms. The van der Waals surface area contributed by atoms with Crippen molar-refractivity contribution in [3.8, 4) is 0 Å². The lowest BCUT2D eigenvalue weighted by atomic mass is 10.0. The molecule has 17 heavy (non-hydrogen) atoms. The predicted molar refractivity (Wildman–Crippen MR) is 64.5 cm³/mol. The third-order valence-corrected chi connectivity index (χ3v) is 2.90. The molecule has 0 aliphatic carbocycles. The van der Waals surface area contributed by atoms with E-state index in [0.717, 1.165) is 25.9 Å². The minimum atomic E-state index is -0.257. The Bertz CT molecular complexity index is 250. The lowest BCUT2D eigenvalue weighted by Crippen LogP contribution is -2.27. The number of carbonyl (C=O) groups excluding carboxylic acids is 2. The molecule has 1 aliphatic rings. The fraction of sp³-hybridized carbons (Fsp3) is 0.833. The first-order chi connectivity index (χ1) is 8.22. The van der Waals surface area contributed by atoms with Crippen molar-refractivity contribution in [3.05, 3.63) is 0 Å². The van der Waals surface area contributed by atoms with Crippen LogP contribution < -0.4 is 10.6 Å². The number of amides is 1. The Morgan fingerprint density at radius 3 is 2.88 bits per heavy atom. The average molecular weight is 242 g/mol. The van der Waals surface area contributed by atoms with E-state index < -0.39 is 0 Å². The van der Waals surface area contributed by atoms with Gasteiger partial charge in [0.05, 0.1) is 13.0 Å². The molecule has 0 aromatic carbocycles. The monoisotopic (exact) mass is 242 g/mol. The second-order valence-corrected chi connectivity index (χ2v) is 4.30. The van der Waals surface area contributed by atoms with Gasteiger partial charge >= 0.3 is 5.97 Å². The zero-order chi connectivity index (χ0) is 12.5. The molecule has 2 N–H and O–H groups in total. The number of nitrogens with one attached hydrogen (secondary N) is 2. The van der Waals surface area contributed by atoms with Crippen LogP contribution in [0.2, 0.25) is 0 Å². The van der Waals surface area contributed by atoms with Crippen molar-refractivity contribution in [3.63, 3.8) is 0 Å². The van der Waals surface area contributed by atoms with Crippen LogP contribution in [0, 0.1) is 5.92 Å². The Hall–Kier alpha value is -1.10. The molecule has 1 unspecified atom stereocenters. The van der Waals surface area contributed by atoms with E-state index in [1.165, 1.54) is 0 Å². The van der Waals surface area contributed by atoms with Crippen LogP contribution in [0.3, 0.4) is 0 Å². The molecule has 0 radical (unpaired) electrons. The minimum Gasteiger partial charge on any atom is -0.466 e. The van der Waals surface area contributed by atoms with Gasteiger partial charge in [-0.05, 0) is 38.8 Å². The lowest BCUT2D eigenvalue weighted by Gasteiger charge is -2.08. The highest BCUT2D eigenvalue weighted by atomic mass is 16.5. The summed E-state index contributed by atoms with van der Waals surface area (Å²) in [7, 11) is 0. The van der Waals surface area contributed by atoms with Gasteiger partial charge in [0.1, 0.15) is 0 Å². The van der Waals surface area contributed by atoms with Gasteiger partial charge in [0, 0.05) is 13.0 Å². The summed E-state index contributed by atoms with van der Waals surface area (Å²) < 4.78 is 4.77. The van der Waals surface area contributed by atoms with Crippen molar-refractivity contribution < 1.29 is 14.3 Å². The van der Waals surface area contributed by atoms with E-state index >= 15 is 0 Å². The first-order valence-corrected chi connectivity index (χ1v) is 6.35. The summed E-state index contributed by atoms with van der Waals surface area (Å²) in [5, 5.41) is 6.01. The number of ether oxygens (including phenoxy) is 1. The van der Waals surface area contributed by atoms with Crippen molar-refractivity contribution >= 4 is 11.9 Å². The van der Waals surface area contributed by atoms with E-state index in [-0.39, 0.29) is 18.3 Å². The zero-order valence-corrected chi connectivity index (χ0v) is 10.5. The van der Waals surface area contributed by atoms with Gasteiger partial charge in [-0.2, -0.15) is 0 Å². The first-order valence-electron chi connectivity index (χ1n) is 6.35. The van der Waals surface area contributed by atoms with Gasteiger partial charge in [0.15, 0.2) is 0 Å². The summed E-state index contributed by atoms with van der Waals surface area (Å²) in [6.07, 6.45) is 2.90. The Morgan fingerprint density at radius 2 is 2.24 bits per heavy atom. The Morgan fingerprint density at radius 1 is 1.41 bits per heavy atom. The summed E-state index contributed by atoms with van der Waals surface area (Å²) in [5.41, 5.74) is 0. The lowest BCUT2D eigenvalue weighted by molar-refractivity contribution is -0.143. The Balaban J connectivity index is 1.98. The Kier molecular flexibility index (Phi) is 6.62. The molecule has 0 bridgehead atoms. The maximum atomic E-state index is 11.5. The standard InChI is InChI=1S/C12H22N2O3/c1-2-17-12(16)6-8-14-11(15)4-3-10-5-7-13-9-10/h10,13H,2-9H2,1H3,(H,14,15). The molecule has 1 atom stereocenters. The highest BCUT2D eigenvalue weighted by molar-refractivity contribution is 5.77. The molecule has 0 spiro atoms. The van der Waals surface area contributed by atoms with Crippen LogP contribution in [-0.4, -0.2) is 38.1 Å². The highest BCUT2D eigenvalue weighted by Gasteiger charge is 2.15. The fourth-order valence-electron chi connectivity index (χ4n) is 1.92.